The van der Waals surface area contributed by atoms with E-state index in [-0.39, 0.29) is 18.2 Å². The molecule has 1 saturated carbocycles. The summed E-state index contributed by atoms with van der Waals surface area (Å²) in [4.78, 5) is 0. The second-order valence-electron chi connectivity index (χ2n) is 5.88. The molecule has 0 amide bonds. The van der Waals surface area contributed by atoms with E-state index in [2.05, 4.69) is 6.92 Å². The van der Waals surface area contributed by atoms with E-state index < -0.39 is 0 Å². The van der Waals surface area contributed by atoms with Gasteiger partial charge in [-0.2, -0.15) is 0 Å². The Morgan fingerprint density at radius 2 is 1.94 bits per heavy atom. The van der Waals surface area contributed by atoms with Crippen molar-refractivity contribution in [2.45, 2.75) is 82.8 Å². The molecule has 2 unspecified atom stereocenters. The minimum atomic E-state index is -0.385. The van der Waals surface area contributed by atoms with Gasteiger partial charge in [-0.15, -0.1) is 0 Å². The molecule has 0 aromatic carbocycles. The largest absolute Gasteiger partial charge is 0.394 e. The molecule has 2 atom stereocenters. The van der Waals surface area contributed by atoms with Crippen LogP contribution in [0.5, 0.6) is 0 Å². The third-order valence-corrected chi connectivity index (χ3v) is 4.00. The zero-order valence-corrected chi connectivity index (χ0v) is 12.0. The molecule has 0 spiro atoms. The van der Waals surface area contributed by atoms with Crippen molar-refractivity contribution in [1.29, 1.82) is 0 Å². The van der Waals surface area contributed by atoms with E-state index >= 15 is 0 Å². The Bertz CT molecular complexity index is 211. The van der Waals surface area contributed by atoms with Crippen LogP contribution in [0.15, 0.2) is 0 Å². The van der Waals surface area contributed by atoms with Crippen LogP contribution in [-0.4, -0.2) is 30.0 Å². The average Bonchev–Trinajstić information content (AvgIpc) is 2.38. The highest BCUT2D eigenvalue weighted by Crippen LogP contribution is 2.28. The first-order valence-corrected chi connectivity index (χ1v) is 7.71. The third-order valence-electron chi connectivity index (χ3n) is 4.00. The van der Waals surface area contributed by atoms with Crippen LogP contribution in [0.3, 0.4) is 0 Å². The number of rotatable bonds is 9. The van der Waals surface area contributed by atoms with Crippen molar-refractivity contribution in [2.75, 3.05) is 13.2 Å². The van der Waals surface area contributed by atoms with Gasteiger partial charge in [0.15, 0.2) is 0 Å². The van der Waals surface area contributed by atoms with Crippen molar-refractivity contribution in [3.05, 3.63) is 0 Å². The van der Waals surface area contributed by atoms with Gasteiger partial charge >= 0.3 is 0 Å². The summed E-state index contributed by atoms with van der Waals surface area (Å²) in [5, 5.41) is 9.28. The van der Waals surface area contributed by atoms with Crippen molar-refractivity contribution < 1.29 is 9.84 Å². The Kier molecular flexibility index (Phi) is 7.87. The lowest BCUT2D eigenvalue weighted by Crippen LogP contribution is -2.49. The summed E-state index contributed by atoms with van der Waals surface area (Å²) in [6, 6.07) is 0. The van der Waals surface area contributed by atoms with Crippen LogP contribution in [0.4, 0.5) is 0 Å². The van der Waals surface area contributed by atoms with Crippen molar-refractivity contribution in [1.82, 2.24) is 0 Å². The van der Waals surface area contributed by atoms with Crippen molar-refractivity contribution in [3.63, 3.8) is 0 Å². The molecule has 18 heavy (non-hydrogen) atoms. The van der Waals surface area contributed by atoms with Gasteiger partial charge in [-0.3, -0.25) is 0 Å². The molecule has 3 heteroatoms. The Hall–Kier alpha value is -0.120. The fraction of sp³-hybridized carbons (Fsp3) is 1.00. The maximum Gasteiger partial charge on any atom is 0.0612 e. The molecular weight excluding hydrogens is 226 g/mol. The van der Waals surface area contributed by atoms with Gasteiger partial charge in [-0.05, 0) is 32.1 Å². The third kappa shape index (κ3) is 6.17. The quantitative estimate of drug-likeness (QED) is 0.624. The molecule has 108 valence electrons. The normalized spacial score (nSPS) is 28.5. The lowest BCUT2D eigenvalue weighted by molar-refractivity contribution is -0.00670. The fourth-order valence-corrected chi connectivity index (χ4v) is 2.76. The first-order valence-electron chi connectivity index (χ1n) is 7.71. The van der Waals surface area contributed by atoms with Gasteiger partial charge < -0.3 is 15.6 Å². The zero-order valence-electron chi connectivity index (χ0n) is 12.0. The summed E-state index contributed by atoms with van der Waals surface area (Å²) in [6.07, 6.45) is 12.0. The number of hydrogen-bond donors (Lipinski definition) is 2. The first-order chi connectivity index (χ1) is 8.70. The maximum atomic E-state index is 9.28. The van der Waals surface area contributed by atoms with E-state index in [0.717, 1.165) is 38.7 Å². The number of unbranched alkanes of at least 4 members (excludes halogenated alkanes) is 5. The molecule has 0 bridgehead atoms. The predicted octanol–water partition coefficient (Wildman–Crippen LogP) is 3.00. The molecule has 0 aromatic heterocycles. The molecular formula is C15H31NO2. The number of aliphatic hydroxyl groups is 1. The second kappa shape index (κ2) is 8.89. The van der Waals surface area contributed by atoms with Gasteiger partial charge in [0, 0.05) is 12.1 Å². The Morgan fingerprint density at radius 3 is 2.67 bits per heavy atom. The molecule has 0 aromatic rings. The van der Waals surface area contributed by atoms with Gasteiger partial charge in [0.2, 0.25) is 0 Å². The molecule has 1 aliphatic carbocycles. The molecule has 0 radical (unpaired) electrons. The van der Waals surface area contributed by atoms with E-state index in [1.807, 2.05) is 0 Å². The lowest BCUT2D eigenvalue weighted by atomic mass is 9.81. The van der Waals surface area contributed by atoms with E-state index in [4.69, 9.17) is 10.5 Å². The maximum absolute atomic E-state index is 9.28. The van der Waals surface area contributed by atoms with Crippen LogP contribution < -0.4 is 5.73 Å². The number of hydrogen-bond acceptors (Lipinski definition) is 3. The molecule has 0 heterocycles. The molecule has 3 N–H and O–H groups in total. The predicted molar refractivity (Wildman–Crippen MR) is 75.6 cm³/mol. The van der Waals surface area contributed by atoms with Crippen molar-refractivity contribution in [3.8, 4) is 0 Å². The van der Waals surface area contributed by atoms with E-state index in [1.54, 1.807) is 0 Å². The van der Waals surface area contributed by atoms with Gasteiger partial charge in [-0.1, -0.05) is 39.0 Å². The summed E-state index contributed by atoms with van der Waals surface area (Å²) >= 11 is 0. The standard InChI is InChI=1S/C15H31NO2/c1-2-3-4-5-6-7-11-18-14-9-8-10-15(16,12-14)13-17/h14,17H,2-13,16H2,1H3. The highest BCUT2D eigenvalue weighted by atomic mass is 16.5. The second-order valence-corrected chi connectivity index (χ2v) is 5.88. The molecule has 1 aliphatic rings. The molecule has 1 fully saturated rings. The SMILES string of the molecule is CCCCCCCCOC1CCCC(N)(CO)C1. The summed E-state index contributed by atoms with van der Waals surface area (Å²) < 4.78 is 5.90. The highest BCUT2D eigenvalue weighted by molar-refractivity contribution is 4.90. The van der Waals surface area contributed by atoms with Crippen molar-refractivity contribution in [2.24, 2.45) is 5.73 Å². The Labute approximate surface area is 112 Å². The van der Waals surface area contributed by atoms with Gasteiger partial charge in [0.25, 0.3) is 0 Å². The monoisotopic (exact) mass is 257 g/mol. The van der Waals surface area contributed by atoms with E-state index in [9.17, 15) is 5.11 Å². The summed E-state index contributed by atoms with van der Waals surface area (Å²) in [7, 11) is 0. The number of nitrogens with two attached hydrogens (primary N) is 1. The van der Waals surface area contributed by atoms with Crippen LogP contribution >= 0.6 is 0 Å². The lowest BCUT2D eigenvalue weighted by Gasteiger charge is -2.36. The smallest absolute Gasteiger partial charge is 0.0612 e. The molecule has 0 aliphatic heterocycles. The molecule has 1 rings (SSSR count). The van der Waals surface area contributed by atoms with Crippen LogP contribution in [-0.2, 0) is 4.74 Å². The summed E-state index contributed by atoms with van der Waals surface area (Å²) in [6.45, 7) is 3.19. The van der Waals surface area contributed by atoms with E-state index in [1.165, 1.54) is 32.1 Å². The number of aliphatic hydroxyl groups excluding tert-OH is 1. The molecule has 3 nitrogen and oxygen atoms in total. The topological polar surface area (TPSA) is 55.5 Å². The Balaban J connectivity index is 2.01. The van der Waals surface area contributed by atoms with Gasteiger partial charge in [0.1, 0.15) is 0 Å². The fourth-order valence-electron chi connectivity index (χ4n) is 2.76. The highest BCUT2D eigenvalue weighted by Gasteiger charge is 2.32. The minimum absolute atomic E-state index is 0.0872. The van der Waals surface area contributed by atoms with Crippen LogP contribution in [0.1, 0.15) is 71.1 Å². The van der Waals surface area contributed by atoms with Crippen LogP contribution in [0, 0.1) is 0 Å². The van der Waals surface area contributed by atoms with Gasteiger partial charge in [-0.25, -0.2) is 0 Å². The zero-order chi connectivity index (χ0) is 13.3. The minimum Gasteiger partial charge on any atom is -0.394 e. The first kappa shape index (κ1) is 15.9. The Morgan fingerprint density at radius 1 is 1.22 bits per heavy atom. The summed E-state index contributed by atoms with van der Waals surface area (Å²) in [5.41, 5.74) is 5.72. The van der Waals surface area contributed by atoms with Crippen LogP contribution in [0.25, 0.3) is 0 Å². The van der Waals surface area contributed by atoms with Crippen molar-refractivity contribution >= 4 is 0 Å². The number of ether oxygens (including phenoxy) is 1. The average molecular weight is 257 g/mol. The van der Waals surface area contributed by atoms with Crippen LogP contribution in [0.2, 0.25) is 0 Å². The van der Waals surface area contributed by atoms with E-state index in [0.29, 0.717) is 0 Å². The summed E-state index contributed by atoms with van der Waals surface area (Å²) in [5.74, 6) is 0. The van der Waals surface area contributed by atoms with Gasteiger partial charge in [0.05, 0.1) is 12.7 Å². The molecule has 0 saturated heterocycles.